The molecule has 8 heteroatoms. The van der Waals surface area contributed by atoms with Gasteiger partial charge in [0.05, 0.1) is 19.8 Å². The first-order valence-corrected chi connectivity index (χ1v) is 6.28. The van der Waals surface area contributed by atoms with Crippen LogP contribution in [-0.2, 0) is 19.1 Å². The molecule has 0 saturated carbocycles. The average Bonchev–Trinajstić information content (AvgIpc) is 2.74. The van der Waals surface area contributed by atoms with Gasteiger partial charge in [0.1, 0.15) is 0 Å². The Balaban J connectivity index is 2.00. The summed E-state index contributed by atoms with van der Waals surface area (Å²) < 4.78 is 9.83. The number of aliphatic hydroxyl groups excluding tert-OH is 1. The van der Waals surface area contributed by atoms with Gasteiger partial charge in [-0.25, -0.2) is 4.79 Å². The Hall–Kier alpha value is -1.93. The maximum atomic E-state index is 11.3. The molecule has 20 heavy (non-hydrogen) atoms. The van der Waals surface area contributed by atoms with Crippen LogP contribution in [0.4, 0.5) is 4.79 Å². The summed E-state index contributed by atoms with van der Waals surface area (Å²) in [5.74, 6) is -0.766. The Kier molecular flexibility index (Phi) is 7.30. The molecule has 0 unspecified atom stereocenters. The highest BCUT2D eigenvalue weighted by Gasteiger charge is 2.22. The highest BCUT2D eigenvalue weighted by atomic mass is 16.5. The van der Waals surface area contributed by atoms with Gasteiger partial charge in [0, 0.05) is 38.3 Å². The lowest BCUT2D eigenvalue weighted by Crippen LogP contribution is -2.38. The third-order valence-electron chi connectivity index (χ3n) is 2.41. The van der Waals surface area contributed by atoms with Gasteiger partial charge in [0.25, 0.3) is 11.8 Å². The SMILES string of the molecule is O=C(NCCN1C(=O)C=CC1=O)OCCCOCCO. The third-order valence-corrected chi connectivity index (χ3v) is 2.41. The molecule has 112 valence electrons. The second-order valence-electron chi connectivity index (χ2n) is 3.91. The van der Waals surface area contributed by atoms with Crippen molar-refractivity contribution >= 4 is 17.9 Å². The van der Waals surface area contributed by atoms with Crippen LogP contribution >= 0.6 is 0 Å². The van der Waals surface area contributed by atoms with Crippen molar-refractivity contribution in [2.75, 3.05) is 39.5 Å². The predicted molar refractivity (Wildman–Crippen MR) is 67.7 cm³/mol. The molecule has 3 amide bonds. The molecule has 0 aliphatic carbocycles. The van der Waals surface area contributed by atoms with Gasteiger partial charge in [-0.3, -0.25) is 14.5 Å². The standard InChI is InChI=1S/C12H18N2O6/c15-6-9-19-7-1-8-20-12(18)13-4-5-14-10(16)2-3-11(14)17/h2-3,15H,1,4-9H2,(H,13,18). The van der Waals surface area contributed by atoms with E-state index in [0.717, 1.165) is 4.90 Å². The summed E-state index contributed by atoms with van der Waals surface area (Å²) in [6, 6.07) is 0. The van der Waals surface area contributed by atoms with Gasteiger partial charge < -0.3 is 19.9 Å². The lowest BCUT2D eigenvalue weighted by atomic mass is 10.5. The highest BCUT2D eigenvalue weighted by Crippen LogP contribution is 2.01. The molecule has 8 nitrogen and oxygen atoms in total. The summed E-state index contributed by atoms with van der Waals surface area (Å²) in [4.78, 5) is 34.7. The van der Waals surface area contributed by atoms with Crippen LogP contribution in [0.2, 0.25) is 0 Å². The fraction of sp³-hybridized carbons (Fsp3) is 0.583. The van der Waals surface area contributed by atoms with Crippen LogP contribution < -0.4 is 5.32 Å². The Morgan fingerprint density at radius 1 is 1.20 bits per heavy atom. The number of ether oxygens (including phenoxy) is 2. The number of carbonyl (C=O) groups excluding carboxylic acids is 3. The molecule has 0 bridgehead atoms. The molecule has 1 aliphatic heterocycles. The van der Waals surface area contributed by atoms with Crippen molar-refractivity contribution in [2.24, 2.45) is 0 Å². The number of alkyl carbamates (subject to hydrolysis) is 1. The molecule has 0 radical (unpaired) electrons. The van der Waals surface area contributed by atoms with Crippen molar-refractivity contribution in [2.45, 2.75) is 6.42 Å². The monoisotopic (exact) mass is 286 g/mol. The normalized spacial score (nSPS) is 13.9. The minimum Gasteiger partial charge on any atom is -0.449 e. The Bertz CT molecular complexity index is 364. The van der Waals surface area contributed by atoms with E-state index >= 15 is 0 Å². The smallest absolute Gasteiger partial charge is 0.407 e. The van der Waals surface area contributed by atoms with E-state index in [1.165, 1.54) is 12.2 Å². The first-order valence-electron chi connectivity index (χ1n) is 6.28. The Labute approximate surface area is 116 Å². The summed E-state index contributed by atoms with van der Waals surface area (Å²) in [6.45, 7) is 1.07. The molecule has 0 aromatic heterocycles. The predicted octanol–water partition coefficient (Wildman–Crippen LogP) is -0.963. The Morgan fingerprint density at radius 3 is 2.55 bits per heavy atom. The van der Waals surface area contributed by atoms with Crippen LogP contribution in [0.5, 0.6) is 0 Å². The number of hydrogen-bond acceptors (Lipinski definition) is 6. The maximum absolute atomic E-state index is 11.3. The quantitative estimate of drug-likeness (QED) is 0.417. The van der Waals surface area contributed by atoms with Crippen molar-refractivity contribution < 1.29 is 29.0 Å². The van der Waals surface area contributed by atoms with Gasteiger partial charge in [-0.2, -0.15) is 0 Å². The fourth-order valence-electron chi connectivity index (χ4n) is 1.46. The van der Waals surface area contributed by atoms with E-state index in [1.807, 2.05) is 0 Å². The van der Waals surface area contributed by atoms with E-state index in [2.05, 4.69) is 5.32 Å². The summed E-state index contributed by atoms with van der Waals surface area (Å²) in [5.41, 5.74) is 0. The zero-order valence-corrected chi connectivity index (χ0v) is 11.0. The largest absolute Gasteiger partial charge is 0.449 e. The van der Waals surface area contributed by atoms with Gasteiger partial charge in [0.2, 0.25) is 0 Å². The molecule has 0 aromatic carbocycles. The minimum absolute atomic E-state index is 0.0376. The molecule has 0 saturated heterocycles. The lowest BCUT2D eigenvalue weighted by molar-refractivity contribution is -0.136. The van der Waals surface area contributed by atoms with E-state index in [9.17, 15) is 14.4 Å². The van der Waals surface area contributed by atoms with E-state index in [-0.39, 0.29) is 44.7 Å². The van der Waals surface area contributed by atoms with E-state index in [0.29, 0.717) is 13.0 Å². The van der Waals surface area contributed by atoms with Gasteiger partial charge >= 0.3 is 6.09 Å². The molecule has 1 rings (SSSR count). The van der Waals surface area contributed by atoms with Crippen LogP contribution in [-0.4, -0.2) is 67.4 Å². The zero-order chi connectivity index (χ0) is 14.8. The molecular formula is C12H18N2O6. The van der Waals surface area contributed by atoms with Crippen LogP contribution in [0.3, 0.4) is 0 Å². The van der Waals surface area contributed by atoms with Crippen molar-refractivity contribution in [1.29, 1.82) is 0 Å². The number of nitrogens with one attached hydrogen (secondary N) is 1. The van der Waals surface area contributed by atoms with Crippen molar-refractivity contribution in [3.63, 3.8) is 0 Å². The fourth-order valence-corrected chi connectivity index (χ4v) is 1.46. The van der Waals surface area contributed by atoms with Crippen LogP contribution in [0.15, 0.2) is 12.2 Å². The number of hydrogen-bond donors (Lipinski definition) is 2. The summed E-state index contributed by atoms with van der Waals surface area (Å²) in [6.07, 6.45) is 2.29. The van der Waals surface area contributed by atoms with Gasteiger partial charge in [-0.05, 0) is 0 Å². The number of imide groups is 1. The molecule has 1 heterocycles. The topological polar surface area (TPSA) is 105 Å². The van der Waals surface area contributed by atoms with Crippen molar-refractivity contribution in [3.05, 3.63) is 12.2 Å². The zero-order valence-electron chi connectivity index (χ0n) is 11.0. The summed E-state index contributed by atoms with van der Waals surface area (Å²) in [5, 5.41) is 10.9. The van der Waals surface area contributed by atoms with E-state index < -0.39 is 6.09 Å². The first kappa shape index (κ1) is 16.1. The maximum Gasteiger partial charge on any atom is 0.407 e. The molecule has 0 aromatic rings. The first-order chi connectivity index (χ1) is 9.65. The molecular weight excluding hydrogens is 268 g/mol. The number of nitrogens with zero attached hydrogens (tertiary/aromatic N) is 1. The highest BCUT2D eigenvalue weighted by molar-refractivity contribution is 6.12. The van der Waals surface area contributed by atoms with Crippen molar-refractivity contribution in [1.82, 2.24) is 10.2 Å². The summed E-state index contributed by atoms with van der Waals surface area (Å²) in [7, 11) is 0. The van der Waals surface area contributed by atoms with Gasteiger partial charge in [0.15, 0.2) is 0 Å². The number of rotatable bonds is 9. The van der Waals surface area contributed by atoms with Crippen LogP contribution in [0, 0.1) is 0 Å². The van der Waals surface area contributed by atoms with E-state index in [1.54, 1.807) is 0 Å². The third kappa shape index (κ3) is 5.81. The second-order valence-corrected chi connectivity index (χ2v) is 3.91. The number of amides is 3. The molecule has 0 spiro atoms. The lowest BCUT2D eigenvalue weighted by Gasteiger charge is -2.14. The van der Waals surface area contributed by atoms with Crippen LogP contribution in [0.1, 0.15) is 6.42 Å². The number of aliphatic hydroxyl groups is 1. The molecule has 0 atom stereocenters. The molecule has 0 fully saturated rings. The second kappa shape index (κ2) is 9.05. The van der Waals surface area contributed by atoms with Gasteiger partial charge in [-0.1, -0.05) is 0 Å². The molecule has 2 N–H and O–H groups in total. The Morgan fingerprint density at radius 2 is 1.90 bits per heavy atom. The van der Waals surface area contributed by atoms with Gasteiger partial charge in [-0.15, -0.1) is 0 Å². The minimum atomic E-state index is -0.612. The average molecular weight is 286 g/mol. The van der Waals surface area contributed by atoms with Crippen LogP contribution in [0.25, 0.3) is 0 Å². The summed E-state index contributed by atoms with van der Waals surface area (Å²) >= 11 is 0. The molecule has 1 aliphatic rings. The number of carbonyl (C=O) groups is 3. The van der Waals surface area contributed by atoms with Crippen molar-refractivity contribution in [3.8, 4) is 0 Å². The van der Waals surface area contributed by atoms with E-state index in [4.69, 9.17) is 14.6 Å².